The van der Waals surface area contributed by atoms with Gasteiger partial charge in [-0.15, -0.1) is 0 Å². The summed E-state index contributed by atoms with van der Waals surface area (Å²) in [6, 6.07) is 6.62. The van der Waals surface area contributed by atoms with Crippen LogP contribution in [-0.2, 0) is 18.6 Å². The maximum absolute atomic E-state index is 14.2. The number of hydrogen-bond acceptors (Lipinski definition) is 10. The molecule has 2 heterocycles. The first-order chi connectivity index (χ1) is 18.2. The predicted molar refractivity (Wildman–Crippen MR) is 136 cm³/mol. The third kappa shape index (κ3) is 5.70. The van der Waals surface area contributed by atoms with Gasteiger partial charge in [-0.1, -0.05) is 18.2 Å². The molecule has 204 valence electrons. The molecule has 4 N–H and O–H groups in total. The number of nitrogen functional groups attached to an aromatic ring is 1. The molecule has 0 amide bonds. The van der Waals surface area contributed by atoms with Gasteiger partial charge < -0.3 is 24.7 Å². The van der Waals surface area contributed by atoms with Crippen LogP contribution < -0.4 is 15.3 Å². The number of anilines is 1. The molecule has 1 fully saturated rings. The van der Waals surface area contributed by atoms with Crippen molar-refractivity contribution in [2.45, 2.75) is 39.0 Å². The lowest BCUT2D eigenvalue weighted by Gasteiger charge is -2.46. The summed E-state index contributed by atoms with van der Waals surface area (Å²) in [6.45, 7) is 4.25. The maximum atomic E-state index is 14.2. The highest BCUT2D eigenvalue weighted by molar-refractivity contribution is 7.52. The molecule has 4 rings (SSSR count). The van der Waals surface area contributed by atoms with Gasteiger partial charge in [0.1, 0.15) is 23.6 Å². The van der Waals surface area contributed by atoms with Gasteiger partial charge in [-0.2, -0.15) is 5.09 Å². The highest BCUT2D eigenvalue weighted by Gasteiger charge is 2.49. The smallest absolute Gasteiger partial charge is 0.459 e. The first-order valence-electron chi connectivity index (χ1n) is 12.0. The number of carbonyl (C=O) groups is 1. The zero-order valence-electron chi connectivity index (χ0n) is 21.1. The van der Waals surface area contributed by atoms with E-state index in [2.05, 4.69) is 20.0 Å². The van der Waals surface area contributed by atoms with E-state index in [1.165, 1.54) is 19.6 Å². The van der Waals surface area contributed by atoms with E-state index in [9.17, 15) is 18.9 Å². The highest BCUT2D eigenvalue weighted by Crippen LogP contribution is 2.53. The van der Waals surface area contributed by atoms with E-state index in [0.29, 0.717) is 17.5 Å². The Morgan fingerprint density at radius 2 is 2.00 bits per heavy atom. The molecular formula is C24H30FN6O6P. The van der Waals surface area contributed by atoms with Crippen molar-refractivity contribution in [3.63, 3.8) is 0 Å². The second-order valence-corrected chi connectivity index (χ2v) is 10.8. The number of nitrogens with two attached hydrogens (primary N) is 1. The van der Waals surface area contributed by atoms with E-state index in [1.807, 2.05) is 0 Å². The standard InChI is InChI=1S/C24H30FN6O6P/c1-14(2)36-24(33)15(3)30-38(34,37-16-7-5-4-6-8-16)35-11-19-17(9-25)21(18(19)10-32)31-13-29-20-22(26)27-12-28-23(20)31/h4-9,12-15,18-19,21,32H,10-11H2,1-3H3,(H,30,34)(H2,26,27,28)/b17-9-/t15?,18-,19+,21-,38?/m1/s1. The zero-order valence-corrected chi connectivity index (χ0v) is 22.0. The molecule has 1 aromatic carbocycles. The van der Waals surface area contributed by atoms with Crippen LogP contribution >= 0.6 is 7.75 Å². The van der Waals surface area contributed by atoms with E-state index in [0.717, 1.165) is 0 Å². The van der Waals surface area contributed by atoms with Crippen LogP contribution in [0.25, 0.3) is 11.2 Å². The van der Waals surface area contributed by atoms with Crippen LogP contribution in [0.15, 0.2) is 54.9 Å². The number of ether oxygens (including phenoxy) is 1. The highest BCUT2D eigenvalue weighted by atomic mass is 31.2. The number of carbonyl (C=O) groups excluding carboxylic acids is 1. The topological polar surface area (TPSA) is 164 Å². The molecule has 0 radical (unpaired) electrons. The molecule has 1 aliphatic carbocycles. The lowest BCUT2D eigenvalue weighted by molar-refractivity contribution is -0.149. The fraction of sp³-hybridized carbons (Fsp3) is 0.417. The molecule has 14 heteroatoms. The number of nitrogens with zero attached hydrogens (tertiary/aromatic N) is 4. The first-order valence-corrected chi connectivity index (χ1v) is 13.5. The number of para-hydroxylation sites is 1. The summed E-state index contributed by atoms with van der Waals surface area (Å²) in [6.07, 6.45) is 2.78. The number of imidazole rings is 1. The van der Waals surface area contributed by atoms with Gasteiger partial charge >= 0.3 is 13.7 Å². The minimum absolute atomic E-state index is 0.175. The van der Waals surface area contributed by atoms with Crippen LogP contribution in [0, 0.1) is 11.8 Å². The number of aliphatic hydroxyl groups excluding tert-OH is 1. The van der Waals surface area contributed by atoms with Gasteiger partial charge in [-0.25, -0.2) is 23.9 Å². The van der Waals surface area contributed by atoms with E-state index in [4.69, 9.17) is 19.5 Å². The van der Waals surface area contributed by atoms with Crippen LogP contribution in [0.4, 0.5) is 10.2 Å². The third-order valence-electron chi connectivity index (χ3n) is 6.17. The summed E-state index contributed by atoms with van der Waals surface area (Å²) in [5, 5.41) is 12.8. The summed E-state index contributed by atoms with van der Waals surface area (Å²) in [4.78, 5) is 24.7. The monoisotopic (exact) mass is 548 g/mol. The molecular weight excluding hydrogens is 518 g/mol. The molecule has 0 bridgehead atoms. The summed E-state index contributed by atoms with van der Waals surface area (Å²) >= 11 is 0. The normalized spacial score (nSPS) is 22.7. The summed E-state index contributed by atoms with van der Waals surface area (Å²) in [5.41, 5.74) is 6.89. The lowest BCUT2D eigenvalue weighted by Crippen LogP contribution is -2.46. The number of benzene rings is 1. The average Bonchev–Trinajstić information content (AvgIpc) is 3.28. The number of rotatable bonds is 11. The Kier molecular flexibility index (Phi) is 8.41. The molecule has 0 aliphatic heterocycles. The number of aromatic nitrogens is 4. The van der Waals surface area contributed by atoms with Crippen LogP contribution in [-0.4, -0.2) is 56.0 Å². The quantitative estimate of drug-likeness (QED) is 0.238. The van der Waals surface area contributed by atoms with E-state index >= 15 is 0 Å². The average molecular weight is 549 g/mol. The molecule has 2 unspecified atom stereocenters. The van der Waals surface area contributed by atoms with E-state index in [1.54, 1.807) is 48.7 Å². The Balaban J connectivity index is 1.54. The molecule has 1 aliphatic rings. The molecule has 0 spiro atoms. The van der Waals surface area contributed by atoms with Crippen LogP contribution in [0.1, 0.15) is 26.8 Å². The summed E-state index contributed by atoms with van der Waals surface area (Å²) < 4.78 is 46.1. The fourth-order valence-corrected chi connectivity index (χ4v) is 5.88. The largest absolute Gasteiger partial charge is 0.462 e. The van der Waals surface area contributed by atoms with Gasteiger partial charge in [-0.05, 0) is 38.5 Å². The van der Waals surface area contributed by atoms with Crippen molar-refractivity contribution < 1.29 is 32.6 Å². The second kappa shape index (κ2) is 11.6. The van der Waals surface area contributed by atoms with Crippen molar-refractivity contribution in [2.75, 3.05) is 18.9 Å². The number of fused-ring (bicyclic) bond motifs is 1. The first kappa shape index (κ1) is 27.6. The van der Waals surface area contributed by atoms with Gasteiger partial charge in [0.05, 0.1) is 31.4 Å². The third-order valence-corrected chi connectivity index (χ3v) is 7.81. The van der Waals surface area contributed by atoms with Crippen LogP contribution in [0.3, 0.4) is 0 Å². The Bertz CT molecular complexity index is 1350. The lowest BCUT2D eigenvalue weighted by atomic mass is 9.66. The van der Waals surface area contributed by atoms with Crippen molar-refractivity contribution in [3.05, 3.63) is 54.9 Å². The van der Waals surface area contributed by atoms with Crippen molar-refractivity contribution in [3.8, 4) is 5.75 Å². The molecule has 38 heavy (non-hydrogen) atoms. The van der Waals surface area contributed by atoms with Crippen LogP contribution in [0.2, 0.25) is 0 Å². The number of esters is 1. The molecule has 5 atom stereocenters. The van der Waals surface area contributed by atoms with Crippen molar-refractivity contribution in [1.29, 1.82) is 0 Å². The Morgan fingerprint density at radius 3 is 2.66 bits per heavy atom. The van der Waals surface area contributed by atoms with Gasteiger partial charge in [-0.3, -0.25) is 9.32 Å². The van der Waals surface area contributed by atoms with E-state index in [-0.39, 0.29) is 36.5 Å². The van der Waals surface area contributed by atoms with Gasteiger partial charge in [0.15, 0.2) is 11.5 Å². The Hall–Kier alpha value is -3.38. The SMILES string of the molecule is CC(C)OC(=O)C(C)NP(=O)(OC[C@H]1/C(=C/F)[C@@H](n2cnc3c(N)ncnc32)[C@@H]1CO)Oc1ccccc1. The second-order valence-electron chi connectivity index (χ2n) is 9.12. The maximum Gasteiger partial charge on any atom is 0.459 e. The van der Waals surface area contributed by atoms with Crippen molar-refractivity contribution >= 4 is 30.7 Å². The predicted octanol–water partition coefficient (Wildman–Crippen LogP) is 3.17. The van der Waals surface area contributed by atoms with Gasteiger partial charge in [0, 0.05) is 18.4 Å². The fourth-order valence-electron chi connectivity index (χ4n) is 4.36. The van der Waals surface area contributed by atoms with Crippen LogP contribution in [0.5, 0.6) is 5.75 Å². The molecule has 3 aromatic rings. The molecule has 1 saturated carbocycles. The minimum Gasteiger partial charge on any atom is -0.462 e. The number of halogens is 1. The number of hydrogen-bond donors (Lipinski definition) is 3. The zero-order chi connectivity index (χ0) is 27.4. The summed E-state index contributed by atoms with van der Waals surface area (Å²) in [7, 11) is -4.17. The number of aliphatic hydroxyl groups is 1. The molecule has 0 saturated heterocycles. The van der Waals surface area contributed by atoms with Crippen molar-refractivity contribution in [2.24, 2.45) is 11.8 Å². The summed E-state index contributed by atoms with van der Waals surface area (Å²) in [5.74, 6) is -1.41. The van der Waals surface area contributed by atoms with Crippen molar-refractivity contribution in [1.82, 2.24) is 24.6 Å². The molecule has 12 nitrogen and oxygen atoms in total. The van der Waals surface area contributed by atoms with Gasteiger partial charge in [0.25, 0.3) is 0 Å². The van der Waals surface area contributed by atoms with E-state index < -0.39 is 37.6 Å². The number of nitrogens with one attached hydrogen (secondary N) is 1. The van der Waals surface area contributed by atoms with Gasteiger partial charge in [0.2, 0.25) is 0 Å². The minimum atomic E-state index is -4.17. The Labute approximate surface area is 218 Å². The molecule has 2 aromatic heterocycles. The Morgan fingerprint density at radius 1 is 1.26 bits per heavy atom.